The van der Waals surface area contributed by atoms with Crippen molar-refractivity contribution in [2.24, 2.45) is 11.8 Å². The first-order valence-corrected chi connectivity index (χ1v) is 6.72. The van der Waals surface area contributed by atoms with E-state index in [4.69, 9.17) is 12.2 Å². The van der Waals surface area contributed by atoms with Gasteiger partial charge in [-0.3, -0.25) is 4.79 Å². The normalized spacial score (nSPS) is 16.8. The number of nitrogens with zero attached hydrogens (tertiary/aromatic N) is 1. The van der Waals surface area contributed by atoms with Crippen molar-refractivity contribution in [3.63, 3.8) is 0 Å². The van der Waals surface area contributed by atoms with Crippen LogP contribution in [0.5, 0.6) is 0 Å². The molecule has 18 heavy (non-hydrogen) atoms. The zero-order valence-electron chi connectivity index (χ0n) is 12.0. The van der Waals surface area contributed by atoms with Crippen molar-refractivity contribution < 1.29 is 9.90 Å². The summed E-state index contributed by atoms with van der Waals surface area (Å²) < 4.78 is 0. The summed E-state index contributed by atoms with van der Waals surface area (Å²) in [5, 5.41) is 10.3. The fourth-order valence-corrected chi connectivity index (χ4v) is 2.05. The van der Waals surface area contributed by atoms with E-state index in [1.165, 1.54) is 0 Å². The summed E-state index contributed by atoms with van der Waals surface area (Å²) >= 11 is 4.95. The van der Waals surface area contributed by atoms with E-state index < -0.39 is 12.0 Å². The van der Waals surface area contributed by atoms with Gasteiger partial charge in [0, 0.05) is 5.92 Å². The number of aliphatic hydroxyl groups excluding tert-OH is 1. The minimum atomic E-state index is -0.674. The van der Waals surface area contributed by atoms with Crippen molar-refractivity contribution in [1.82, 2.24) is 4.90 Å². The number of thiocarbonyl (C=S) groups is 1. The first kappa shape index (κ1) is 17.4. The predicted molar refractivity (Wildman–Crippen MR) is 79.9 cm³/mol. The van der Waals surface area contributed by atoms with E-state index in [1.54, 1.807) is 6.92 Å². The number of rotatable bonds is 8. The molecule has 0 bridgehead atoms. The molecule has 0 radical (unpaired) electrons. The Bertz CT molecular complexity index is 313. The van der Waals surface area contributed by atoms with Gasteiger partial charge in [-0.2, -0.15) is 0 Å². The molecule has 0 unspecified atom stereocenters. The van der Waals surface area contributed by atoms with E-state index in [0.29, 0.717) is 11.3 Å². The van der Waals surface area contributed by atoms with Crippen LogP contribution in [0.4, 0.5) is 0 Å². The van der Waals surface area contributed by atoms with Gasteiger partial charge in [0.25, 0.3) is 0 Å². The van der Waals surface area contributed by atoms with Crippen molar-refractivity contribution in [2.75, 3.05) is 20.6 Å². The summed E-state index contributed by atoms with van der Waals surface area (Å²) in [6, 6.07) is 0. The molecule has 3 atom stereocenters. The summed E-state index contributed by atoms with van der Waals surface area (Å²) in [6.45, 7) is 6.22. The third kappa shape index (κ3) is 5.85. The molecule has 0 saturated carbocycles. The number of hydrogen-bond donors (Lipinski definition) is 1. The Kier molecular flexibility index (Phi) is 8.24. The second-order valence-electron chi connectivity index (χ2n) is 4.99. The van der Waals surface area contributed by atoms with Gasteiger partial charge in [-0.15, -0.1) is 0 Å². The third-order valence-electron chi connectivity index (χ3n) is 3.02. The van der Waals surface area contributed by atoms with Crippen molar-refractivity contribution in [2.45, 2.75) is 33.3 Å². The largest absolute Gasteiger partial charge is 0.392 e. The van der Waals surface area contributed by atoms with Crippen LogP contribution in [0.25, 0.3) is 0 Å². The van der Waals surface area contributed by atoms with E-state index in [1.807, 2.05) is 45.0 Å². The second-order valence-corrected chi connectivity index (χ2v) is 5.61. The number of Topliss-reactive ketones (excluding diaryl/α,β-unsaturated/α-hetero) is 1. The quantitative estimate of drug-likeness (QED) is 0.542. The molecule has 0 aliphatic heterocycles. The first-order chi connectivity index (χ1) is 8.31. The second kappa shape index (κ2) is 8.51. The molecule has 4 heteroatoms. The number of hydrogen-bond acceptors (Lipinski definition) is 4. The lowest BCUT2D eigenvalue weighted by Gasteiger charge is -2.26. The summed E-state index contributed by atoms with van der Waals surface area (Å²) in [6.07, 6.45) is 3.76. The Hall–Kier alpha value is -0.580. The van der Waals surface area contributed by atoms with Crippen LogP contribution in [0.2, 0.25) is 0 Å². The van der Waals surface area contributed by atoms with Crippen LogP contribution in [0, 0.1) is 11.8 Å². The summed E-state index contributed by atoms with van der Waals surface area (Å²) in [7, 11) is 3.90. The zero-order valence-corrected chi connectivity index (χ0v) is 12.8. The molecule has 1 N–H and O–H groups in total. The fourth-order valence-electron chi connectivity index (χ4n) is 1.90. The van der Waals surface area contributed by atoms with E-state index in [2.05, 4.69) is 0 Å². The maximum Gasteiger partial charge on any atom is 0.174 e. The smallest absolute Gasteiger partial charge is 0.174 e. The first-order valence-electron chi connectivity index (χ1n) is 6.31. The Morgan fingerprint density at radius 3 is 2.39 bits per heavy atom. The van der Waals surface area contributed by atoms with Crippen LogP contribution in [0.1, 0.15) is 27.2 Å². The molecular formula is C14H25NO2S. The van der Waals surface area contributed by atoms with E-state index in [0.717, 1.165) is 6.54 Å². The number of ketones is 1. The molecule has 0 heterocycles. The molecule has 0 spiro atoms. The van der Waals surface area contributed by atoms with Gasteiger partial charge in [0.15, 0.2) is 5.78 Å². The molecule has 0 aromatic rings. The lowest BCUT2D eigenvalue weighted by Crippen LogP contribution is -2.37. The molecule has 0 aromatic carbocycles. The molecule has 0 amide bonds. The highest BCUT2D eigenvalue weighted by atomic mass is 32.1. The topological polar surface area (TPSA) is 40.5 Å². The van der Waals surface area contributed by atoms with Crippen molar-refractivity contribution in [3.8, 4) is 0 Å². The molecule has 0 saturated heterocycles. The number of carbonyl (C=O) groups is 1. The van der Waals surface area contributed by atoms with E-state index in [-0.39, 0.29) is 11.7 Å². The third-order valence-corrected chi connectivity index (χ3v) is 3.22. The van der Waals surface area contributed by atoms with Crippen LogP contribution in [-0.2, 0) is 4.79 Å². The molecule has 0 rings (SSSR count). The molecule has 0 aliphatic rings. The highest BCUT2D eigenvalue weighted by molar-refractivity contribution is 7.82. The Morgan fingerprint density at radius 2 is 2.00 bits per heavy atom. The monoisotopic (exact) mass is 271 g/mol. The Morgan fingerprint density at radius 1 is 1.44 bits per heavy atom. The molecule has 0 fully saturated rings. The van der Waals surface area contributed by atoms with Gasteiger partial charge in [-0.25, -0.2) is 0 Å². The van der Waals surface area contributed by atoms with Crippen molar-refractivity contribution in [3.05, 3.63) is 12.2 Å². The van der Waals surface area contributed by atoms with Crippen LogP contribution in [-0.4, -0.2) is 47.4 Å². The Labute approximate surface area is 116 Å². The van der Waals surface area contributed by atoms with Gasteiger partial charge >= 0.3 is 0 Å². The fraction of sp³-hybridized carbons (Fsp3) is 0.714. The van der Waals surface area contributed by atoms with Gasteiger partial charge in [0.2, 0.25) is 0 Å². The standard InChI is InChI=1S/C14H25NO2S/c1-6-7-10(2)13(16)12(8-9-15(4)5)14(17)11(3)18/h6-7,10,12-13,16H,8-9H2,1-5H3/b7-6+/t10-,12+,13-/m1/s1. The van der Waals surface area contributed by atoms with Crippen LogP contribution < -0.4 is 0 Å². The van der Waals surface area contributed by atoms with E-state index in [9.17, 15) is 9.90 Å². The van der Waals surface area contributed by atoms with Crippen LogP contribution in [0.3, 0.4) is 0 Å². The molecular weight excluding hydrogens is 246 g/mol. The maximum atomic E-state index is 12.1. The molecule has 0 aromatic heterocycles. The lowest BCUT2D eigenvalue weighted by molar-refractivity contribution is -0.120. The Balaban J connectivity index is 4.84. The van der Waals surface area contributed by atoms with Crippen molar-refractivity contribution >= 4 is 22.9 Å². The summed E-state index contributed by atoms with van der Waals surface area (Å²) in [5.74, 6) is -0.549. The summed E-state index contributed by atoms with van der Waals surface area (Å²) in [5.41, 5.74) is 0. The van der Waals surface area contributed by atoms with E-state index >= 15 is 0 Å². The number of carbonyl (C=O) groups excluding carboxylic acids is 1. The molecule has 104 valence electrons. The van der Waals surface area contributed by atoms with Gasteiger partial charge < -0.3 is 10.0 Å². The van der Waals surface area contributed by atoms with Gasteiger partial charge in [-0.05, 0) is 40.9 Å². The van der Waals surface area contributed by atoms with Crippen LogP contribution >= 0.6 is 12.2 Å². The minimum Gasteiger partial charge on any atom is -0.392 e. The average Bonchev–Trinajstić information content (AvgIpc) is 2.28. The highest BCUT2D eigenvalue weighted by Gasteiger charge is 2.30. The highest BCUT2D eigenvalue weighted by Crippen LogP contribution is 2.20. The SMILES string of the molecule is C/C=C/[C@@H](C)[C@@H](O)[C@H](CCN(C)C)C(=O)C(C)=S. The van der Waals surface area contributed by atoms with Gasteiger partial charge in [0.05, 0.1) is 16.9 Å². The number of aliphatic hydroxyl groups is 1. The van der Waals surface area contributed by atoms with Gasteiger partial charge in [0.1, 0.15) is 0 Å². The lowest BCUT2D eigenvalue weighted by atomic mass is 9.85. The predicted octanol–water partition coefficient (Wildman–Crippen LogP) is 2.09. The maximum absolute atomic E-state index is 12.1. The average molecular weight is 271 g/mol. The minimum absolute atomic E-state index is 0.0412. The molecule has 3 nitrogen and oxygen atoms in total. The van der Waals surface area contributed by atoms with Crippen molar-refractivity contribution in [1.29, 1.82) is 0 Å². The number of allylic oxidation sites excluding steroid dienone is 1. The van der Waals surface area contributed by atoms with Gasteiger partial charge in [-0.1, -0.05) is 31.3 Å². The zero-order chi connectivity index (χ0) is 14.3. The summed E-state index contributed by atoms with van der Waals surface area (Å²) in [4.78, 5) is 14.4. The van der Waals surface area contributed by atoms with Crippen LogP contribution in [0.15, 0.2) is 12.2 Å². The molecule has 0 aliphatic carbocycles.